The summed E-state index contributed by atoms with van der Waals surface area (Å²) in [5.41, 5.74) is 7.77. The molecule has 4 aromatic rings. The van der Waals surface area contributed by atoms with E-state index in [4.69, 9.17) is 17.3 Å². The highest BCUT2D eigenvalue weighted by Gasteiger charge is 2.31. The van der Waals surface area contributed by atoms with Crippen LogP contribution < -0.4 is 21.7 Å². The lowest BCUT2D eigenvalue weighted by atomic mass is 9.94. The molecule has 8 nitrogen and oxygen atoms in total. The van der Waals surface area contributed by atoms with E-state index in [-0.39, 0.29) is 16.6 Å². The van der Waals surface area contributed by atoms with E-state index in [9.17, 15) is 22.4 Å². The average Bonchev–Trinajstić information content (AvgIpc) is 3.27. The maximum absolute atomic E-state index is 14.0. The van der Waals surface area contributed by atoms with Crippen LogP contribution >= 0.6 is 11.6 Å². The first-order chi connectivity index (χ1) is 18.1. The fourth-order valence-corrected chi connectivity index (χ4v) is 4.81. The van der Waals surface area contributed by atoms with Crippen LogP contribution in [0.2, 0.25) is 5.02 Å². The summed E-state index contributed by atoms with van der Waals surface area (Å²) < 4.78 is 54.7. The number of halogens is 5. The van der Waals surface area contributed by atoms with Gasteiger partial charge in [0.15, 0.2) is 5.82 Å². The minimum atomic E-state index is -4.69. The van der Waals surface area contributed by atoms with E-state index in [0.717, 1.165) is 37.2 Å². The van der Waals surface area contributed by atoms with Crippen molar-refractivity contribution in [3.05, 3.63) is 70.9 Å². The summed E-state index contributed by atoms with van der Waals surface area (Å²) in [5.74, 6) is -0.432. The molecule has 38 heavy (non-hydrogen) atoms. The summed E-state index contributed by atoms with van der Waals surface area (Å²) in [6.07, 6.45) is -1.39. The third-order valence-corrected chi connectivity index (χ3v) is 6.75. The molecule has 13 heteroatoms. The molecule has 0 unspecified atom stereocenters. The molecule has 2 aromatic heterocycles. The van der Waals surface area contributed by atoms with Gasteiger partial charge in [-0.15, -0.1) is 0 Å². The molecule has 1 aliphatic rings. The molecule has 0 atom stereocenters. The molecule has 0 spiro atoms. The van der Waals surface area contributed by atoms with Crippen molar-refractivity contribution >= 4 is 40.3 Å². The zero-order valence-electron chi connectivity index (χ0n) is 19.7. The highest BCUT2D eigenvalue weighted by Crippen LogP contribution is 2.38. The van der Waals surface area contributed by atoms with Gasteiger partial charge in [0, 0.05) is 17.2 Å². The van der Waals surface area contributed by atoms with Crippen LogP contribution in [0, 0.1) is 5.82 Å². The second-order valence-corrected chi connectivity index (χ2v) is 9.29. The lowest BCUT2D eigenvalue weighted by Gasteiger charge is -2.22. The third-order valence-electron chi connectivity index (χ3n) is 6.44. The lowest BCUT2D eigenvalue weighted by molar-refractivity contribution is -0.137. The summed E-state index contributed by atoms with van der Waals surface area (Å²) in [4.78, 5) is 16.6. The van der Waals surface area contributed by atoms with Gasteiger partial charge in [0.05, 0.1) is 22.0 Å². The number of benzene rings is 2. The highest BCUT2D eigenvalue weighted by atomic mass is 35.5. The summed E-state index contributed by atoms with van der Waals surface area (Å²) >= 11 is 6.45. The summed E-state index contributed by atoms with van der Waals surface area (Å²) in [5, 5.41) is 12.4. The Morgan fingerprint density at radius 1 is 1.08 bits per heavy atom. The molecule has 0 saturated carbocycles. The Kier molecular flexibility index (Phi) is 6.84. The Morgan fingerprint density at radius 3 is 2.53 bits per heavy atom. The quantitative estimate of drug-likeness (QED) is 0.238. The number of fused-ring (bicyclic) bond motifs is 1. The van der Waals surface area contributed by atoms with Gasteiger partial charge in [-0.2, -0.15) is 18.3 Å². The van der Waals surface area contributed by atoms with E-state index in [2.05, 4.69) is 26.0 Å². The molecule has 2 aromatic carbocycles. The number of alkyl halides is 3. The van der Waals surface area contributed by atoms with Crippen molar-refractivity contribution in [3.63, 3.8) is 0 Å². The van der Waals surface area contributed by atoms with E-state index < -0.39 is 29.3 Å². The minimum Gasteiger partial charge on any atom is -0.382 e. The van der Waals surface area contributed by atoms with Crippen molar-refractivity contribution in [2.75, 3.05) is 29.5 Å². The molecule has 0 aliphatic carbocycles. The molecule has 0 radical (unpaired) electrons. The predicted molar refractivity (Wildman–Crippen MR) is 137 cm³/mol. The molecule has 2 amide bonds. The molecule has 3 heterocycles. The zero-order chi connectivity index (χ0) is 27.0. The second-order valence-electron chi connectivity index (χ2n) is 8.88. The number of carbonyl (C=O) groups excluding carboxylic acids is 1. The van der Waals surface area contributed by atoms with Gasteiger partial charge >= 0.3 is 12.2 Å². The average molecular weight is 548 g/mol. The number of nitrogens with one attached hydrogen (secondary N) is 3. The maximum atomic E-state index is 14.0. The number of hydrogen-bond acceptors (Lipinski definition) is 5. The zero-order valence-corrected chi connectivity index (χ0v) is 20.5. The standard InChI is InChI=1S/C25H22ClF4N7O/c26-17-9-14(16-11-21(13-5-7-32-8-6-13)37-22(16)23(31)33-12-34-37)1-4-19(17)35-24(38)36-20-10-15(25(28,29)30)2-3-18(20)27/h1-4,9-13,32H,5-8H2,(H2,31,33,34)(H2,35,36,38). The molecular formula is C25H22ClF4N7O. The number of carbonyl (C=O) groups is 1. The first-order valence-electron chi connectivity index (χ1n) is 11.7. The molecule has 5 N–H and O–H groups in total. The molecule has 1 saturated heterocycles. The SMILES string of the molecule is Nc1ncnn2c(C3CCNCC3)cc(-c3ccc(NC(=O)Nc4cc(C(F)(F)F)ccc4F)c(Cl)c3)c12. The Hall–Kier alpha value is -3.90. The van der Waals surface area contributed by atoms with Gasteiger partial charge in [-0.1, -0.05) is 17.7 Å². The van der Waals surface area contributed by atoms with Gasteiger partial charge in [-0.25, -0.2) is 18.7 Å². The van der Waals surface area contributed by atoms with Crippen LogP contribution in [0.5, 0.6) is 0 Å². The minimum absolute atomic E-state index is 0.153. The summed E-state index contributed by atoms with van der Waals surface area (Å²) in [6.45, 7) is 1.79. The number of nitrogen functional groups attached to an aromatic ring is 1. The number of amides is 2. The smallest absolute Gasteiger partial charge is 0.382 e. The molecule has 0 bridgehead atoms. The number of piperidine rings is 1. The number of hydrogen-bond donors (Lipinski definition) is 4. The molecule has 198 valence electrons. The normalized spacial score (nSPS) is 14.6. The summed E-state index contributed by atoms with van der Waals surface area (Å²) in [6, 6.07) is 7.66. The highest BCUT2D eigenvalue weighted by molar-refractivity contribution is 6.34. The predicted octanol–water partition coefficient (Wildman–Crippen LogP) is 5.90. The van der Waals surface area contributed by atoms with Crippen molar-refractivity contribution in [2.24, 2.45) is 0 Å². The Bertz CT molecular complexity index is 1520. The van der Waals surface area contributed by atoms with Gasteiger partial charge in [0.2, 0.25) is 0 Å². The van der Waals surface area contributed by atoms with Gasteiger partial charge in [-0.05, 0) is 67.9 Å². The fourth-order valence-electron chi connectivity index (χ4n) is 4.58. The largest absolute Gasteiger partial charge is 0.416 e. The monoisotopic (exact) mass is 547 g/mol. The van der Waals surface area contributed by atoms with Gasteiger partial charge in [0.25, 0.3) is 0 Å². The lowest BCUT2D eigenvalue weighted by Crippen LogP contribution is -2.27. The molecular weight excluding hydrogens is 526 g/mol. The molecule has 1 fully saturated rings. The number of rotatable bonds is 4. The van der Waals surface area contributed by atoms with E-state index in [1.54, 1.807) is 16.6 Å². The maximum Gasteiger partial charge on any atom is 0.416 e. The van der Waals surface area contributed by atoms with Crippen molar-refractivity contribution in [3.8, 4) is 11.1 Å². The topological polar surface area (TPSA) is 109 Å². The number of anilines is 3. The first kappa shape index (κ1) is 25.7. The van der Waals surface area contributed by atoms with Crippen LogP contribution in [0.1, 0.15) is 30.0 Å². The van der Waals surface area contributed by atoms with Crippen LogP contribution in [0.4, 0.5) is 39.5 Å². The van der Waals surface area contributed by atoms with E-state index in [1.165, 1.54) is 12.4 Å². The Morgan fingerprint density at radius 2 is 1.82 bits per heavy atom. The van der Waals surface area contributed by atoms with Gasteiger partial charge in [0.1, 0.15) is 17.7 Å². The van der Waals surface area contributed by atoms with Crippen molar-refractivity contribution < 1.29 is 22.4 Å². The number of aromatic nitrogens is 3. The fraction of sp³-hybridized carbons (Fsp3) is 0.240. The van der Waals surface area contributed by atoms with Crippen molar-refractivity contribution in [2.45, 2.75) is 24.9 Å². The van der Waals surface area contributed by atoms with Crippen LogP contribution in [0.3, 0.4) is 0 Å². The Labute approximate surface area is 219 Å². The third kappa shape index (κ3) is 5.09. The van der Waals surface area contributed by atoms with Crippen molar-refractivity contribution in [1.29, 1.82) is 0 Å². The van der Waals surface area contributed by atoms with Crippen molar-refractivity contribution in [1.82, 2.24) is 19.9 Å². The Balaban J connectivity index is 1.41. The number of nitrogens with two attached hydrogens (primary N) is 1. The van der Waals surface area contributed by atoms with Gasteiger partial charge < -0.3 is 21.7 Å². The van der Waals surface area contributed by atoms with E-state index in [1.807, 2.05) is 6.07 Å². The van der Waals surface area contributed by atoms with E-state index >= 15 is 0 Å². The van der Waals surface area contributed by atoms with Crippen LogP contribution in [-0.2, 0) is 6.18 Å². The van der Waals surface area contributed by atoms with Gasteiger partial charge in [-0.3, -0.25) is 0 Å². The van der Waals surface area contributed by atoms with Crippen LogP contribution in [-0.4, -0.2) is 33.7 Å². The second kappa shape index (κ2) is 10.1. The van der Waals surface area contributed by atoms with Crippen LogP contribution in [0.25, 0.3) is 16.6 Å². The molecule has 5 rings (SSSR count). The van der Waals surface area contributed by atoms with Crippen LogP contribution in [0.15, 0.2) is 48.8 Å². The summed E-state index contributed by atoms with van der Waals surface area (Å²) in [7, 11) is 0. The number of nitrogens with zero attached hydrogens (tertiary/aromatic N) is 3. The molecule has 1 aliphatic heterocycles. The first-order valence-corrected chi connectivity index (χ1v) is 12.1. The number of urea groups is 1. The van der Waals surface area contributed by atoms with E-state index in [0.29, 0.717) is 35.1 Å².